The van der Waals surface area contributed by atoms with Gasteiger partial charge in [-0.3, -0.25) is 0 Å². The van der Waals surface area contributed by atoms with Crippen LogP contribution in [0.5, 0.6) is 5.75 Å². The maximum Gasteiger partial charge on any atom is 0.150 e. The highest BCUT2D eigenvalue weighted by molar-refractivity contribution is 9.10. The summed E-state index contributed by atoms with van der Waals surface area (Å²) in [5.41, 5.74) is 3.36. The zero-order chi connectivity index (χ0) is 13.2. The van der Waals surface area contributed by atoms with E-state index in [-0.39, 0.29) is 0 Å². The van der Waals surface area contributed by atoms with Gasteiger partial charge in [-0.2, -0.15) is 0 Å². The molecule has 1 aromatic carbocycles. The summed E-state index contributed by atoms with van der Waals surface area (Å²) in [6.07, 6.45) is 0.989. The zero-order valence-electron chi connectivity index (χ0n) is 10.7. The number of aromatic nitrogens is 1. The van der Waals surface area contributed by atoms with Crippen LogP contribution in [0.3, 0.4) is 0 Å². The summed E-state index contributed by atoms with van der Waals surface area (Å²) in [4.78, 5) is 0. The number of halogens is 1. The number of hydrogen-bond acceptors (Lipinski definition) is 4. The van der Waals surface area contributed by atoms with Crippen LogP contribution in [0.15, 0.2) is 27.2 Å². The van der Waals surface area contributed by atoms with E-state index in [1.807, 2.05) is 13.0 Å². The summed E-state index contributed by atoms with van der Waals surface area (Å²) in [5, 5.41) is 7.22. The number of nitrogens with zero attached hydrogens (tertiary/aromatic N) is 1. The minimum atomic E-state index is 0.669. The first kappa shape index (κ1) is 12.7. The molecular formula is C14H15BrN2O2. The molecule has 0 bridgehead atoms. The van der Waals surface area contributed by atoms with E-state index in [0.717, 1.165) is 41.2 Å². The minimum absolute atomic E-state index is 0.669. The van der Waals surface area contributed by atoms with Gasteiger partial charge in [-0.05, 0) is 24.6 Å². The van der Waals surface area contributed by atoms with Crippen molar-refractivity contribution in [1.29, 1.82) is 0 Å². The van der Waals surface area contributed by atoms with E-state index in [1.54, 1.807) is 0 Å². The number of aryl methyl sites for hydroxylation is 1. The predicted molar refractivity (Wildman–Crippen MR) is 75.1 cm³/mol. The molecular weight excluding hydrogens is 308 g/mol. The van der Waals surface area contributed by atoms with Gasteiger partial charge in [0.1, 0.15) is 5.75 Å². The molecule has 0 fully saturated rings. The first-order valence-corrected chi connectivity index (χ1v) is 7.08. The van der Waals surface area contributed by atoms with Crippen LogP contribution in [0.2, 0.25) is 0 Å². The van der Waals surface area contributed by atoms with Crippen molar-refractivity contribution in [3.63, 3.8) is 0 Å². The molecule has 3 rings (SSSR count). The van der Waals surface area contributed by atoms with Gasteiger partial charge in [0.25, 0.3) is 0 Å². The molecule has 0 amide bonds. The SMILES string of the molecule is Cc1cc(CNCc2cc(Br)cc3c2OCC3)on1. The van der Waals surface area contributed by atoms with Crippen molar-refractivity contribution in [2.75, 3.05) is 6.61 Å². The predicted octanol–water partition coefficient (Wildman–Crippen LogP) is 2.97. The van der Waals surface area contributed by atoms with E-state index in [4.69, 9.17) is 9.26 Å². The van der Waals surface area contributed by atoms with Crippen LogP contribution in [-0.4, -0.2) is 11.8 Å². The molecule has 0 unspecified atom stereocenters. The molecule has 1 aromatic heterocycles. The van der Waals surface area contributed by atoms with Crippen molar-refractivity contribution in [2.45, 2.75) is 26.4 Å². The summed E-state index contributed by atoms with van der Waals surface area (Å²) < 4.78 is 12.0. The number of hydrogen-bond donors (Lipinski definition) is 1. The third-order valence-corrected chi connectivity index (χ3v) is 3.57. The molecule has 0 radical (unpaired) electrons. The fourth-order valence-corrected chi connectivity index (χ4v) is 2.85. The molecule has 1 aliphatic rings. The molecule has 1 aliphatic heterocycles. The van der Waals surface area contributed by atoms with Gasteiger partial charge in [-0.1, -0.05) is 21.1 Å². The first-order chi connectivity index (χ1) is 9.22. The van der Waals surface area contributed by atoms with Crippen molar-refractivity contribution in [2.24, 2.45) is 0 Å². The second kappa shape index (κ2) is 5.35. The summed E-state index contributed by atoms with van der Waals surface area (Å²) in [5.74, 6) is 1.88. The zero-order valence-corrected chi connectivity index (χ0v) is 12.3. The van der Waals surface area contributed by atoms with Crippen LogP contribution < -0.4 is 10.1 Å². The second-order valence-electron chi connectivity index (χ2n) is 4.69. The van der Waals surface area contributed by atoms with E-state index in [0.29, 0.717) is 6.54 Å². The number of ether oxygens (including phenoxy) is 1. The molecule has 0 spiro atoms. The Morgan fingerprint density at radius 1 is 1.32 bits per heavy atom. The number of rotatable bonds is 4. The highest BCUT2D eigenvalue weighted by atomic mass is 79.9. The van der Waals surface area contributed by atoms with Crippen LogP contribution in [-0.2, 0) is 19.5 Å². The van der Waals surface area contributed by atoms with Crippen molar-refractivity contribution in [1.82, 2.24) is 10.5 Å². The van der Waals surface area contributed by atoms with Crippen molar-refractivity contribution < 1.29 is 9.26 Å². The van der Waals surface area contributed by atoms with Gasteiger partial charge in [0, 0.05) is 29.1 Å². The molecule has 1 N–H and O–H groups in total. The van der Waals surface area contributed by atoms with E-state index < -0.39 is 0 Å². The van der Waals surface area contributed by atoms with Crippen LogP contribution in [0.4, 0.5) is 0 Å². The molecule has 2 heterocycles. The maximum absolute atomic E-state index is 5.69. The highest BCUT2D eigenvalue weighted by Crippen LogP contribution is 2.32. The van der Waals surface area contributed by atoms with Gasteiger partial charge in [0.2, 0.25) is 0 Å². The van der Waals surface area contributed by atoms with Gasteiger partial charge in [0.15, 0.2) is 5.76 Å². The third kappa shape index (κ3) is 2.82. The largest absolute Gasteiger partial charge is 0.493 e. The fraction of sp³-hybridized carbons (Fsp3) is 0.357. The summed E-state index contributed by atoms with van der Waals surface area (Å²) in [6, 6.07) is 6.17. The standard InChI is InChI=1S/C14H15BrN2O2/c1-9-4-13(19-17-9)8-16-7-11-6-12(15)5-10-2-3-18-14(10)11/h4-6,16H,2-3,7-8H2,1H3. The molecule has 2 aromatic rings. The van der Waals surface area contributed by atoms with E-state index >= 15 is 0 Å². The summed E-state index contributed by atoms with van der Waals surface area (Å²) in [6.45, 7) is 4.12. The molecule has 0 aliphatic carbocycles. The fourth-order valence-electron chi connectivity index (χ4n) is 2.30. The normalized spacial score (nSPS) is 13.4. The van der Waals surface area contributed by atoms with E-state index in [1.165, 1.54) is 11.1 Å². The Morgan fingerprint density at radius 2 is 2.21 bits per heavy atom. The van der Waals surface area contributed by atoms with Crippen molar-refractivity contribution in [3.05, 3.63) is 45.3 Å². The van der Waals surface area contributed by atoms with Crippen molar-refractivity contribution >= 4 is 15.9 Å². The molecule has 4 nitrogen and oxygen atoms in total. The van der Waals surface area contributed by atoms with Crippen LogP contribution in [0.1, 0.15) is 22.6 Å². The van der Waals surface area contributed by atoms with Gasteiger partial charge >= 0.3 is 0 Å². The quantitative estimate of drug-likeness (QED) is 0.940. The van der Waals surface area contributed by atoms with E-state index in [2.05, 4.69) is 38.5 Å². The van der Waals surface area contributed by atoms with Crippen LogP contribution >= 0.6 is 15.9 Å². The van der Waals surface area contributed by atoms with Crippen LogP contribution in [0, 0.1) is 6.92 Å². The molecule has 0 saturated heterocycles. The lowest BCUT2D eigenvalue weighted by Gasteiger charge is -2.09. The lowest BCUT2D eigenvalue weighted by molar-refractivity contribution is 0.350. The Bertz CT molecular complexity index is 595. The Morgan fingerprint density at radius 3 is 3.00 bits per heavy atom. The summed E-state index contributed by atoms with van der Waals surface area (Å²) in [7, 11) is 0. The van der Waals surface area contributed by atoms with Crippen molar-refractivity contribution in [3.8, 4) is 5.75 Å². The highest BCUT2D eigenvalue weighted by Gasteiger charge is 2.17. The number of fused-ring (bicyclic) bond motifs is 1. The van der Waals surface area contributed by atoms with Gasteiger partial charge in [-0.15, -0.1) is 0 Å². The Hall–Kier alpha value is -1.33. The third-order valence-electron chi connectivity index (χ3n) is 3.12. The monoisotopic (exact) mass is 322 g/mol. The Labute approximate surface area is 120 Å². The van der Waals surface area contributed by atoms with Crippen LogP contribution in [0.25, 0.3) is 0 Å². The Kier molecular flexibility index (Phi) is 3.57. The lowest BCUT2D eigenvalue weighted by Crippen LogP contribution is -2.13. The van der Waals surface area contributed by atoms with Gasteiger partial charge in [-0.25, -0.2) is 0 Å². The molecule has 0 atom stereocenters. The molecule has 0 saturated carbocycles. The molecule has 5 heteroatoms. The topological polar surface area (TPSA) is 47.3 Å². The number of nitrogens with one attached hydrogen (secondary N) is 1. The average molecular weight is 323 g/mol. The van der Waals surface area contributed by atoms with Gasteiger partial charge < -0.3 is 14.6 Å². The lowest BCUT2D eigenvalue weighted by atomic mass is 10.1. The average Bonchev–Trinajstić information content (AvgIpc) is 2.98. The molecule has 100 valence electrons. The van der Waals surface area contributed by atoms with Gasteiger partial charge in [0.05, 0.1) is 18.8 Å². The Balaban J connectivity index is 1.67. The first-order valence-electron chi connectivity index (χ1n) is 6.29. The maximum atomic E-state index is 5.69. The second-order valence-corrected chi connectivity index (χ2v) is 5.61. The summed E-state index contributed by atoms with van der Waals surface area (Å²) >= 11 is 3.54. The molecule has 19 heavy (non-hydrogen) atoms. The van der Waals surface area contributed by atoms with E-state index in [9.17, 15) is 0 Å². The number of benzene rings is 1. The minimum Gasteiger partial charge on any atom is -0.493 e. The smallest absolute Gasteiger partial charge is 0.150 e.